The summed E-state index contributed by atoms with van der Waals surface area (Å²) in [6.07, 6.45) is 0. The van der Waals surface area contributed by atoms with Crippen LogP contribution in [0.4, 0.5) is 0 Å². The van der Waals surface area contributed by atoms with Crippen molar-refractivity contribution in [3.8, 4) is 17.6 Å². The third kappa shape index (κ3) is 4.94. The smallest absolute Gasteiger partial charge is 0.321 e. The molecule has 0 aliphatic heterocycles. The molecular formula is C14H16O5S. The fourth-order valence-corrected chi connectivity index (χ4v) is 2.53. The molecule has 6 heteroatoms. The first-order valence-electron chi connectivity index (χ1n) is 6.00. The average molecular weight is 296 g/mol. The fraction of sp³-hybridized carbons (Fsp3) is 0.357. The van der Waals surface area contributed by atoms with Gasteiger partial charge in [-0.1, -0.05) is 12.0 Å². The molecule has 0 atom stereocenters. The van der Waals surface area contributed by atoms with E-state index in [9.17, 15) is 13.2 Å². The number of hydrogen-bond acceptors (Lipinski definition) is 5. The number of carbonyl (C=O) groups is 1. The Labute approximate surface area is 118 Å². The van der Waals surface area contributed by atoms with Crippen LogP contribution in [0.1, 0.15) is 13.8 Å². The summed E-state index contributed by atoms with van der Waals surface area (Å²) in [5.74, 6) is 4.31. The van der Waals surface area contributed by atoms with E-state index in [1.807, 2.05) is 0 Å². The maximum Gasteiger partial charge on any atom is 0.321 e. The van der Waals surface area contributed by atoms with Crippen molar-refractivity contribution < 1.29 is 22.7 Å². The van der Waals surface area contributed by atoms with Gasteiger partial charge in [-0.25, -0.2) is 8.42 Å². The summed E-state index contributed by atoms with van der Waals surface area (Å²) in [6.45, 7) is 3.63. The summed E-state index contributed by atoms with van der Waals surface area (Å²) < 4.78 is 34.0. The number of hydrogen-bond donors (Lipinski definition) is 0. The number of esters is 1. The lowest BCUT2D eigenvalue weighted by Gasteiger charge is -2.07. The van der Waals surface area contributed by atoms with Gasteiger partial charge in [0.05, 0.1) is 11.5 Å². The van der Waals surface area contributed by atoms with E-state index < -0.39 is 21.6 Å². The number of carbonyl (C=O) groups excluding carboxylic acids is 1. The van der Waals surface area contributed by atoms with Crippen molar-refractivity contribution in [3.05, 3.63) is 24.3 Å². The topological polar surface area (TPSA) is 69.7 Å². The average Bonchev–Trinajstić information content (AvgIpc) is 2.39. The predicted molar refractivity (Wildman–Crippen MR) is 74.1 cm³/mol. The van der Waals surface area contributed by atoms with E-state index in [0.717, 1.165) is 0 Å². The first kappa shape index (κ1) is 16.1. The van der Waals surface area contributed by atoms with Crippen molar-refractivity contribution in [2.45, 2.75) is 18.7 Å². The summed E-state index contributed by atoms with van der Waals surface area (Å²) >= 11 is 0. The SMILES string of the molecule is CC#CCOc1cccc(S(=O)(=O)CC(=O)OCC)c1. The van der Waals surface area contributed by atoms with Gasteiger partial charge in [-0.05, 0) is 32.0 Å². The first-order chi connectivity index (χ1) is 9.49. The Morgan fingerprint density at radius 2 is 2.10 bits per heavy atom. The third-order valence-corrected chi connectivity index (χ3v) is 3.85. The molecule has 0 unspecified atom stereocenters. The second kappa shape index (κ2) is 7.56. The van der Waals surface area contributed by atoms with Gasteiger partial charge in [0.25, 0.3) is 0 Å². The molecule has 0 N–H and O–H groups in total. The van der Waals surface area contributed by atoms with Crippen LogP contribution in [0, 0.1) is 11.8 Å². The highest BCUT2D eigenvalue weighted by molar-refractivity contribution is 7.92. The molecule has 0 heterocycles. The van der Waals surface area contributed by atoms with Gasteiger partial charge in [0.1, 0.15) is 12.4 Å². The number of sulfone groups is 1. The molecule has 0 amide bonds. The van der Waals surface area contributed by atoms with Crippen LogP contribution in [0.5, 0.6) is 5.75 Å². The van der Waals surface area contributed by atoms with E-state index in [2.05, 4.69) is 16.6 Å². The highest BCUT2D eigenvalue weighted by Gasteiger charge is 2.20. The van der Waals surface area contributed by atoms with Crippen LogP contribution in [0.15, 0.2) is 29.2 Å². The van der Waals surface area contributed by atoms with Gasteiger partial charge in [0, 0.05) is 0 Å². The summed E-state index contributed by atoms with van der Waals surface area (Å²) in [6, 6.07) is 5.95. The lowest BCUT2D eigenvalue weighted by Crippen LogP contribution is -2.18. The predicted octanol–water partition coefficient (Wildman–Crippen LogP) is 1.43. The molecule has 0 aliphatic carbocycles. The van der Waals surface area contributed by atoms with Crippen LogP contribution in [0.25, 0.3) is 0 Å². The van der Waals surface area contributed by atoms with E-state index in [-0.39, 0.29) is 18.1 Å². The van der Waals surface area contributed by atoms with Crippen molar-refractivity contribution in [2.24, 2.45) is 0 Å². The summed E-state index contributed by atoms with van der Waals surface area (Å²) in [7, 11) is -3.73. The molecule has 1 rings (SSSR count). The maximum atomic E-state index is 12.0. The molecule has 0 aliphatic rings. The van der Waals surface area contributed by atoms with Crippen LogP contribution in [-0.2, 0) is 19.4 Å². The Morgan fingerprint density at radius 1 is 1.35 bits per heavy atom. The van der Waals surface area contributed by atoms with Gasteiger partial charge in [0.15, 0.2) is 15.6 Å². The molecular weight excluding hydrogens is 280 g/mol. The van der Waals surface area contributed by atoms with Gasteiger partial charge in [0.2, 0.25) is 0 Å². The van der Waals surface area contributed by atoms with E-state index in [1.54, 1.807) is 26.0 Å². The number of rotatable bonds is 6. The van der Waals surface area contributed by atoms with Crippen molar-refractivity contribution >= 4 is 15.8 Å². The van der Waals surface area contributed by atoms with Gasteiger partial charge < -0.3 is 9.47 Å². The van der Waals surface area contributed by atoms with E-state index in [4.69, 9.17) is 4.74 Å². The van der Waals surface area contributed by atoms with Crippen molar-refractivity contribution in [1.82, 2.24) is 0 Å². The second-order valence-electron chi connectivity index (χ2n) is 3.75. The maximum absolute atomic E-state index is 12.0. The van der Waals surface area contributed by atoms with Crippen molar-refractivity contribution in [2.75, 3.05) is 19.0 Å². The van der Waals surface area contributed by atoms with Crippen LogP contribution < -0.4 is 4.74 Å². The molecule has 0 saturated heterocycles. The quantitative estimate of drug-likeness (QED) is 0.586. The standard InChI is InChI=1S/C14H16O5S/c1-3-5-9-19-12-7-6-8-13(10-12)20(16,17)11-14(15)18-4-2/h6-8,10H,4,9,11H2,1-2H3. The largest absolute Gasteiger partial charge is 0.481 e. The zero-order chi connectivity index (χ0) is 15.0. The molecule has 1 aromatic rings. The van der Waals surface area contributed by atoms with Crippen LogP contribution in [0.3, 0.4) is 0 Å². The van der Waals surface area contributed by atoms with E-state index in [0.29, 0.717) is 5.75 Å². The third-order valence-electron chi connectivity index (χ3n) is 2.27. The molecule has 0 fully saturated rings. The lowest BCUT2D eigenvalue weighted by atomic mass is 10.3. The van der Waals surface area contributed by atoms with Gasteiger partial charge >= 0.3 is 5.97 Å². The second-order valence-corrected chi connectivity index (χ2v) is 5.74. The van der Waals surface area contributed by atoms with Gasteiger partial charge in [-0.2, -0.15) is 0 Å². The molecule has 0 spiro atoms. The highest BCUT2D eigenvalue weighted by Crippen LogP contribution is 2.18. The molecule has 0 radical (unpaired) electrons. The molecule has 0 saturated carbocycles. The highest BCUT2D eigenvalue weighted by atomic mass is 32.2. The van der Waals surface area contributed by atoms with Crippen LogP contribution in [0.2, 0.25) is 0 Å². The molecule has 0 aromatic heterocycles. The Kier molecular flexibility index (Phi) is 6.07. The van der Waals surface area contributed by atoms with Crippen LogP contribution in [-0.4, -0.2) is 33.4 Å². The Bertz CT molecular complexity index is 622. The minimum absolute atomic E-state index is 0.0208. The molecule has 1 aromatic carbocycles. The molecule has 5 nitrogen and oxygen atoms in total. The Hall–Kier alpha value is -2.00. The Balaban J connectivity index is 2.86. The zero-order valence-electron chi connectivity index (χ0n) is 11.4. The Morgan fingerprint density at radius 3 is 2.75 bits per heavy atom. The minimum atomic E-state index is -3.73. The van der Waals surface area contributed by atoms with E-state index in [1.165, 1.54) is 12.1 Å². The van der Waals surface area contributed by atoms with E-state index >= 15 is 0 Å². The summed E-state index contributed by atoms with van der Waals surface area (Å²) in [4.78, 5) is 11.3. The minimum Gasteiger partial charge on any atom is -0.481 e. The normalized spacial score (nSPS) is 10.3. The monoisotopic (exact) mass is 296 g/mol. The zero-order valence-corrected chi connectivity index (χ0v) is 12.2. The van der Waals surface area contributed by atoms with Crippen molar-refractivity contribution in [3.63, 3.8) is 0 Å². The van der Waals surface area contributed by atoms with Gasteiger partial charge in [-0.3, -0.25) is 4.79 Å². The first-order valence-corrected chi connectivity index (χ1v) is 7.65. The molecule has 108 valence electrons. The summed E-state index contributed by atoms with van der Waals surface area (Å²) in [5.41, 5.74) is 0. The summed E-state index contributed by atoms with van der Waals surface area (Å²) in [5, 5.41) is 0. The number of ether oxygens (including phenoxy) is 2. The van der Waals surface area contributed by atoms with Crippen molar-refractivity contribution in [1.29, 1.82) is 0 Å². The lowest BCUT2D eigenvalue weighted by molar-refractivity contribution is -0.139. The van der Waals surface area contributed by atoms with Gasteiger partial charge in [-0.15, -0.1) is 5.92 Å². The number of benzene rings is 1. The van der Waals surface area contributed by atoms with Crippen LogP contribution >= 0.6 is 0 Å². The molecule has 0 bridgehead atoms. The fourth-order valence-electron chi connectivity index (χ4n) is 1.39. The molecule has 20 heavy (non-hydrogen) atoms.